The van der Waals surface area contributed by atoms with E-state index in [0.717, 1.165) is 12.8 Å². The van der Waals surface area contributed by atoms with Gasteiger partial charge in [0.2, 0.25) is 0 Å². The zero-order chi connectivity index (χ0) is 17.0. The molecule has 0 saturated heterocycles. The van der Waals surface area contributed by atoms with Crippen molar-refractivity contribution in [2.24, 2.45) is 5.92 Å². The van der Waals surface area contributed by atoms with Crippen LogP contribution in [0.1, 0.15) is 19.8 Å². The fourth-order valence-corrected chi connectivity index (χ4v) is 2.28. The highest BCUT2D eigenvalue weighted by molar-refractivity contribution is 6.39. The van der Waals surface area contributed by atoms with E-state index in [1.165, 1.54) is 14.2 Å². The Kier molecular flexibility index (Phi) is 5.10. The Balaban J connectivity index is 1.96. The predicted octanol–water partition coefficient (Wildman–Crippen LogP) is 0.919. The Labute approximate surface area is 135 Å². The molecule has 0 radical (unpaired) electrons. The minimum Gasteiger partial charge on any atom is -0.497 e. The van der Waals surface area contributed by atoms with Crippen molar-refractivity contribution in [3.05, 3.63) is 18.2 Å². The number of nitrogens with one attached hydrogen (secondary N) is 2. The lowest BCUT2D eigenvalue weighted by Crippen LogP contribution is -2.45. The zero-order valence-electron chi connectivity index (χ0n) is 13.5. The van der Waals surface area contributed by atoms with Crippen molar-refractivity contribution in [3.8, 4) is 11.5 Å². The van der Waals surface area contributed by atoms with Crippen LogP contribution in [0, 0.1) is 5.92 Å². The van der Waals surface area contributed by atoms with Gasteiger partial charge in [0.15, 0.2) is 0 Å². The van der Waals surface area contributed by atoms with Crippen LogP contribution >= 0.6 is 0 Å². The van der Waals surface area contributed by atoms with E-state index >= 15 is 0 Å². The molecule has 1 aromatic carbocycles. The zero-order valence-corrected chi connectivity index (χ0v) is 13.5. The van der Waals surface area contributed by atoms with Gasteiger partial charge in [-0.25, -0.2) is 0 Å². The van der Waals surface area contributed by atoms with Crippen LogP contribution in [-0.4, -0.2) is 43.3 Å². The maximum Gasteiger partial charge on any atom is 0.313 e. The normalized spacial score (nSPS) is 16.2. The molecule has 0 spiro atoms. The molecule has 23 heavy (non-hydrogen) atoms. The first-order valence-corrected chi connectivity index (χ1v) is 7.41. The van der Waals surface area contributed by atoms with Gasteiger partial charge in [-0.05, 0) is 37.8 Å². The highest BCUT2D eigenvalue weighted by Gasteiger charge is 2.40. The molecule has 0 heterocycles. The molecule has 1 saturated carbocycles. The number of hydrogen-bond donors (Lipinski definition) is 3. The van der Waals surface area contributed by atoms with Crippen LogP contribution in [0.5, 0.6) is 11.5 Å². The molecular formula is C16H22N2O5. The lowest BCUT2D eigenvalue weighted by Gasteiger charge is -2.23. The summed E-state index contributed by atoms with van der Waals surface area (Å²) in [5, 5.41) is 15.1. The molecule has 1 aromatic rings. The lowest BCUT2D eigenvalue weighted by molar-refractivity contribution is -0.136. The standard InChI is InChI=1S/C16H22N2O5/c1-16(21,10-4-5-10)9-17-14(19)15(20)18-12-8-11(22-2)6-7-13(12)23-3/h6-8,10,21H,4-5,9H2,1-3H3,(H,17,19)(H,18,20). The topological polar surface area (TPSA) is 96.9 Å². The third-order valence-corrected chi connectivity index (χ3v) is 3.92. The monoisotopic (exact) mass is 322 g/mol. The van der Waals surface area contributed by atoms with Gasteiger partial charge in [0.1, 0.15) is 11.5 Å². The van der Waals surface area contributed by atoms with Gasteiger partial charge in [-0.15, -0.1) is 0 Å². The first-order valence-electron chi connectivity index (χ1n) is 7.41. The van der Waals surface area contributed by atoms with Gasteiger partial charge < -0.3 is 25.2 Å². The van der Waals surface area contributed by atoms with Crippen molar-refractivity contribution in [2.75, 3.05) is 26.1 Å². The third kappa shape index (κ3) is 4.35. The van der Waals surface area contributed by atoms with Gasteiger partial charge in [0, 0.05) is 12.6 Å². The largest absolute Gasteiger partial charge is 0.497 e. The van der Waals surface area contributed by atoms with Crippen LogP contribution in [0.4, 0.5) is 5.69 Å². The fourth-order valence-electron chi connectivity index (χ4n) is 2.28. The summed E-state index contributed by atoms with van der Waals surface area (Å²) in [7, 11) is 2.96. The number of methoxy groups -OCH3 is 2. The second kappa shape index (κ2) is 6.87. The molecule has 1 fully saturated rings. The summed E-state index contributed by atoms with van der Waals surface area (Å²) in [5.41, 5.74) is -0.648. The molecule has 0 aliphatic heterocycles. The van der Waals surface area contributed by atoms with Gasteiger partial charge >= 0.3 is 11.8 Å². The van der Waals surface area contributed by atoms with Gasteiger partial charge in [0.05, 0.1) is 25.5 Å². The summed E-state index contributed by atoms with van der Waals surface area (Å²) in [4.78, 5) is 23.9. The van der Waals surface area contributed by atoms with Gasteiger partial charge in [-0.3, -0.25) is 9.59 Å². The molecule has 126 valence electrons. The molecule has 3 N–H and O–H groups in total. The molecule has 2 rings (SSSR count). The highest BCUT2D eigenvalue weighted by Crippen LogP contribution is 2.39. The maximum absolute atomic E-state index is 12.0. The van der Waals surface area contributed by atoms with E-state index in [1.54, 1.807) is 25.1 Å². The SMILES string of the molecule is COc1ccc(OC)c(NC(=O)C(=O)NCC(C)(O)C2CC2)c1. The Hall–Kier alpha value is -2.28. The summed E-state index contributed by atoms with van der Waals surface area (Å²) in [5.74, 6) is -0.515. The van der Waals surface area contributed by atoms with Gasteiger partial charge in [-0.2, -0.15) is 0 Å². The summed E-state index contributed by atoms with van der Waals surface area (Å²) >= 11 is 0. The van der Waals surface area contributed by atoms with Crippen molar-refractivity contribution >= 4 is 17.5 Å². The molecule has 1 unspecified atom stereocenters. The van der Waals surface area contributed by atoms with Crippen LogP contribution in [-0.2, 0) is 9.59 Å². The van der Waals surface area contributed by atoms with Crippen molar-refractivity contribution < 1.29 is 24.2 Å². The Morgan fingerprint density at radius 2 is 1.96 bits per heavy atom. The molecule has 1 atom stereocenters. The number of rotatable bonds is 6. The lowest BCUT2D eigenvalue weighted by atomic mass is 10.0. The maximum atomic E-state index is 12.0. The summed E-state index contributed by atoms with van der Waals surface area (Å²) in [6.07, 6.45) is 1.88. The molecular weight excluding hydrogens is 300 g/mol. The smallest absolute Gasteiger partial charge is 0.313 e. The molecule has 7 nitrogen and oxygen atoms in total. The summed E-state index contributed by atoms with van der Waals surface area (Å²) < 4.78 is 10.2. The van der Waals surface area contributed by atoms with Crippen LogP contribution in [0.25, 0.3) is 0 Å². The third-order valence-electron chi connectivity index (χ3n) is 3.92. The van der Waals surface area contributed by atoms with Gasteiger partial charge in [0.25, 0.3) is 0 Å². The van der Waals surface area contributed by atoms with Crippen molar-refractivity contribution in [1.82, 2.24) is 5.32 Å². The molecule has 1 aliphatic rings. The molecule has 0 aromatic heterocycles. The van der Waals surface area contributed by atoms with E-state index in [9.17, 15) is 14.7 Å². The first kappa shape index (κ1) is 17.1. The van der Waals surface area contributed by atoms with Gasteiger partial charge in [-0.1, -0.05) is 0 Å². The first-order chi connectivity index (χ1) is 10.9. The molecule has 1 aliphatic carbocycles. The average molecular weight is 322 g/mol. The predicted molar refractivity (Wildman–Crippen MR) is 84.5 cm³/mol. The number of aliphatic hydroxyl groups is 1. The number of carbonyl (C=O) groups is 2. The molecule has 2 amide bonds. The number of ether oxygens (including phenoxy) is 2. The Bertz CT molecular complexity index is 596. The second-order valence-electron chi connectivity index (χ2n) is 5.83. The van der Waals surface area contributed by atoms with E-state index in [0.29, 0.717) is 17.2 Å². The quantitative estimate of drug-likeness (QED) is 0.677. The van der Waals surface area contributed by atoms with Crippen molar-refractivity contribution in [1.29, 1.82) is 0 Å². The second-order valence-corrected chi connectivity index (χ2v) is 5.83. The van der Waals surface area contributed by atoms with E-state index < -0.39 is 17.4 Å². The van der Waals surface area contributed by atoms with Crippen molar-refractivity contribution in [2.45, 2.75) is 25.4 Å². The highest BCUT2D eigenvalue weighted by atomic mass is 16.5. The number of benzene rings is 1. The number of hydrogen-bond acceptors (Lipinski definition) is 5. The fraction of sp³-hybridized carbons (Fsp3) is 0.500. The van der Waals surface area contributed by atoms with Crippen LogP contribution in [0.15, 0.2) is 18.2 Å². The van der Waals surface area contributed by atoms with Crippen LogP contribution in [0.3, 0.4) is 0 Å². The van der Waals surface area contributed by atoms with E-state index in [4.69, 9.17) is 9.47 Å². The van der Waals surface area contributed by atoms with E-state index in [1.807, 2.05) is 0 Å². The number of amides is 2. The average Bonchev–Trinajstić information content (AvgIpc) is 3.37. The van der Waals surface area contributed by atoms with Crippen LogP contribution in [0.2, 0.25) is 0 Å². The van der Waals surface area contributed by atoms with E-state index in [2.05, 4.69) is 10.6 Å². The van der Waals surface area contributed by atoms with E-state index in [-0.39, 0.29) is 12.5 Å². The Morgan fingerprint density at radius 1 is 1.26 bits per heavy atom. The number of carbonyl (C=O) groups excluding carboxylic acids is 2. The summed E-state index contributed by atoms with van der Waals surface area (Å²) in [6, 6.07) is 4.87. The molecule has 7 heteroatoms. The number of anilines is 1. The molecule has 0 bridgehead atoms. The van der Waals surface area contributed by atoms with Crippen molar-refractivity contribution in [3.63, 3.8) is 0 Å². The minimum absolute atomic E-state index is 0.0408. The Morgan fingerprint density at radius 3 is 2.52 bits per heavy atom. The minimum atomic E-state index is -0.983. The summed E-state index contributed by atoms with van der Waals surface area (Å²) in [6.45, 7) is 1.70. The van der Waals surface area contributed by atoms with Crippen LogP contribution < -0.4 is 20.1 Å².